The van der Waals surface area contributed by atoms with E-state index in [2.05, 4.69) is 29.2 Å². The molecule has 2 unspecified atom stereocenters. The largest absolute Gasteiger partial charge is 0.467 e. The fourth-order valence-corrected chi connectivity index (χ4v) is 3.03. The van der Waals surface area contributed by atoms with Crippen molar-refractivity contribution in [3.63, 3.8) is 0 Å². The van der Waals surface area contributed by atoms with Gasteiger partial charge in [-0.2, -0.15) is 0 Å². The van der Waals surface area contributed by atoms with Gasteiger partial charge in [0.05, 0.1) is 12.5 Å². The number of hydrogen-bond donors (Lipinski definition) is 0. The van der Waals surface area contributed by atoms with Crippen molar-refractivity contribution in [3.8, 4) is 0 Å². The topological polar surface area (TPSA) is 34.0 Å². The quantitative estimate of drug-likeness (QED) is 0.711. The second-order valence-electron chi connectivity index (χ2n) is 3.69. The van der Waals surface area contributed by atoms with E-state index in [1.165, 1.54) is 16.0 Å². The van der Waals surface area contributed by atoms with Gasteiger partial charge in [0.2, 0.25) is 0 Å². The summed E-state index contributed by atoms with van der Waals surface area (Å²) in [5, 5.41) is 1.93. The SMILES string of the molecule is COC1=NC(c2scc(C)c2C)C(Cl)C=N1. The van der Waals surface area contributed by atoms with Crippen molar-refractivity contribution in [2.75, 3.05) is 7.11 Å². The fraction of sp³-hybridized carbons (Fsp3) is 0.455. The Labute approximate surface area is 104 Å². The van der Waals surface area contributed by atoms with Crippen LogP contribution in [-0.4, -0.2) is 24.7 Å². The standard InChI is InChI=1S/C11H13ClN2OS/c1-6-5-16-10(7(6)2)9-8(12)4-13-11(14-9)15-3/h4-5,8-9H,1-3H3. The van der Waals surface area contributed by atoms with Gasteiger partial charge in [-0.05, 0) is 30.4 Å². The Hall–Kier alpha value is -0.870. The third-order valence-corrected chi connectivity index (χ3v) is 4.28. The van der Waals surface area contributed by atoms with Crippen LogP contribution in [0.2, 0.25) is 0 Å². The molecule has 0 saturated heterocycles. The Kier molecular flexibility index (Phi) is 3.30. The van der Waals surface area contributed by atoms with Crippen LogP contribution in [-0.2, 0) is 4.74 Å². The summed E-state index contributed by atoms with van der Waals surface area (Å²) in [6.45, 7) is 4.19. The van der Waals surface area contributed by atoms with Gasteiger partial charge in [0, 0.05) is 11.1 Å². The number of rotatable bonds is 1. The van der Waals surface area contributed by atoms with Crippen LogP contribution in [0.5, 0.6) is 0 Å². The van der Waals surface area contributed by atoms with E-state index in [1.807, 2.05) is 0 Å². The highest BCUT2D eigenvalue weighted by Crippen LogP contribution is 2.35. The minimum atomic E-state index is -0.198. The van der Waals surface area contributed by atoms with Crippen molar-refractivity contribution < 1.29 is 4.74 Å². The third-order valence-electron chi connectivity index (χ3n) is 2.65. The zero-order chi connectivity index (χ0) is 11.7. The molecule has 86 valence electrons. The maximum Gasteiger partial charge on any atom is 0.311 e. The minimum absolute atomic E-state index is 0.0761. The van der Waals surface area contributed by atoms with Crippen molar-refractivity contribution in [1.29, 1.82) is 0 Å². The highest BCUT2D eigenvalue weighted by molar-refractivity contribution is 7.10. The molecule has 0 aromatic carbocycles. The minimum Gasteiger partial charge on any atom is -0.467 e. The zero-order valence-corrected chi connectivity index (χ0v) is 11.0. The number of halogens is 1. The van der Waals surface area contributed by atoms with Crippen LogP contribution in [0.3, 0.4) is 0 Å². The number of nitrogens with zero attached hydrogens (tertiary/aromatic N) is 2. The first kappa shape index (κ1) is 11.6. The molecule has 2 rings (SSSR count). The molecule has 3 nitrogen and oxygen atoms in total. The lowest BCUT2D eigenvalue weighted by atomic mass is 10.1. The van der Waals surface area contributed by atoms with Crippen LogP contribution >= 0.6 is 22.9 Å². The summed E-state index contributed by atoms with van der Waals surface area (Å²) < 4.78 is 5.04. The number of aliphatic imine (C=N–C) groups is 2. The molecule has 0 radical (unpaired) electrons. The molecule has 0 bridgehead atoms. The summed E-state index contributed by atoms with van der Waals surface area (Å²) in [6, 6.07) is 0.320. The first-order valence-electron chi connectivity index (χ1n) is 4.98. The highest BCUT2D eigenvalue weighted by atomic mass is 35.5. The summed E-state index contributed by atoms with van der Waals surface area (Å²) in [6.07, 6.45) is 1.69. The molecule has 2 atom stereocenters. The molecule has 0 spiro atoms. The first-order valence-corrected chi connectivity index (χ1v) is 6.29. The van der Waals surface area contributed by atoms with Gasteiger partial charge in [0.15, 0.2) is 0 Å². The van der Waals surface area contributed by atoms with Gasteiger partial charge >= 0.3 is 6.02 Å². The van der Waals surface area contributed by atoms with Crippen LogP contribution < -0.4 is 0 Å². The van der Waals surface area contributed by atoms with Crippen LogP contribution in [0.15, 0.2) is 15.4 Å². The van der Waals surface area contributed by atoms with Gasteiger partial charge in [-0.15, -0.1) is 22.9 Å². The monoisotopic (exact) mass is 256 g/mol. The maximum absolute atomic E-state index is 6.22. The van der Waals surface area contributed by atoms with Gasteiger partial charge in [-0.3, -0.25) is 0 Å². The van der Waals surface area contributed by atoms with Gasteiger partial charge in [0.1, 0.15) is 6.04 Å². The Morgan fingerprint density at radius 1 is 1.44 bits per heavy atom. The van der Waals surface area contributed by atoms with E-state index < -0.39 is 0 Å². The molecule has 5 heteroatoms. The Bertz CT molecular complexity index is 453. The Balaban J connectivity index is 2.37. The molecule has 16 heavy (non-hydrogen) atoms. The predicted octanol–water partition coefficient (Wildman–Crippen LogP) is 3.10. The van der Waals surface area contributed by atoms with E-state index >= 15 is 0 Å². The van der Waals surface area contributed by atoms with Crippen molar-refractivity contribution in [3.05, 3.63) is 21.4 Å². The molecule has 0 saturated carbocycles. The molecule has 1 aromatic heterocycles. The van der Waals surface area contributed by atoms with Crippen molar-refractivity contribution in [1.82, 2.24) is 0 Å². The average molecular weight is 257 g/mol. The van der Waals surface area contributed by atoms with Gasteiger partial charge < -0.3 is 4.74 Å². The number of ether oxygens (including phenoxy) is 1. The normalized spacial score (nSPS) is 24.4. The summed E-state index contributed by atoms with van der Waals surface area (Å²) in [4.78, 5) is 9.61. The summed E-state index contributed by atoms with van der Waals surface area (Å²) in [5.41, 5.74) is 2.54. The Morgan fingerprint density at radius 3 is 2.75 bits per heavy atom. The van der Waals surface area contributed by atoms with E-state index in [0.717, 1.165) is 0 Å². The Morgan fingerprint density at radius 2 is 2.19 bits per heavy atom. The lowest BCUT2D eigenvalue weighted by molar-refractivity contribution is 0.390. The summed E-state index contributed by atoms with van der Waals surface area (Å²) in [5.74, 6) is 0. The molecule has 0 aliphatic carbocycles. The van der Waals surface area contributed by atoms with Crippen LogP contribution in [0, 0.1) is 13.8 Å². The van der Waals surface area contributed by atoms with Crippen molar-refractivity contribution in [2.24, 2.45) is 9.98 Å². The van der Waals surface area contributed by atoms with Gasteiger partial charge in [0.25, 0.3) is 0 Å². The van der Waals surface area contributed by atoms with E-state index in [9.17, 15) is 0 Å². The lowest BCUT2D eigenvalue weighted by Gasteiger charge is -2.19. The van der Waals surface area contributed by atoms with Crippen LogP contribution in [0.1, 0.15) is 22.0 Å². The molecule has 1 aliphatic rings. The van der Waals surface area contributed by atoms with Crippen molar-refractivity contribution in [2.45, 2.75) is 25.3 Å². The zero-order valence-electron chi connectivity index (χ0n) is 9.40. The van der Waals surface area contributed by atoms with Crippen LogP contribution in [0.4, 0.5) is 0 Å². The van der Waals surface area contributed by atoms with E-state index in [4.69, 9.17) is 16.3 Å². The molecule has 1 aliphatic heterocycles. The number of thiophene rings is 1. The number of hydrogen-bond acceptors (Lipinski definition) is 4. The van der Waals surface area contributed by atoms with Gasteiger partial charge in [-0.25, -0.2) is 9.98 Å². The van der Waals surface area contributed by atoms with E-state index in [-0.39, 0.29) is 11.4 Å². The first-order chi connectivity index (χ1) is 7.63. The molecular formula is C11H13ClN2OS. The second-order valence-corrected chi connectivity index (χ2v) is 5.11. The molecule has 0 amide bonds. The van der Waals surface area contributed by atoms with E-state index in [1.54, 1.807) is 24.7 Å². The number of aryl methyl sites for hydroxylation is 1. The molecule has 0 fully saturated rings. The summed E-state index contributed by atoms with van der Waals surface area (Å²) in [7, 11) is 1.56. The second kappa shape index (κ2) is 4.55. The number of amidine groups is 1. The summed E-state index contributed by atoms with van der Waals surface area (Å²) >= 11 is 7.91. The van der Waals surface area contributed by atoms with Crippen molar-refractivity contribution >= 4 is 35.2 Å². The fourth-order valence-electron chi connectivity index (χ4n) is 1.56. The molecular weight excluding hydrogens is 244 g/mol. The molecule has 2 heterocycles. The van der Waals surface area contributed by atoms with Crippen LogP contribution in [0.25, 0.3) is 0 Å². The predicted molar refractivity (Wildman–Crippen MR) is 69.1 cm³/mol. The smallest absolute Gasteiger partial charge is 0.311 e. The number of alkyl halides is 1. The average Bonchev–Trinajstić information content (AvgIpc) is 2.61. The molecule has 1 aromatic rings. The third kappa shape index (κ3) is 1.99. The van der Waals surface area contributed by atoms with E-state index in [0.29, 0.717) is 6.02 Å². The van der Waals surface area contributed by atoms with Gasteiger partial charge in [-0.1, -0.05) is 0 Å². The molecule has 0 N–H and O–H groups in total. The highest BCUT2D eigenvalue weighted by Gasteiger charge is 2.26. The lowest BCUT2D eigenvalue weighted by Crippen LogP contribution is -2.20. The number of methoxy groups -OCH3 is 1. The maximum atomic E-state index is 6.22.